The molecule has 0 radical (unpaired) electrons. The van der Waals surface area contributed by atoms with Gasteiger partial charge in [-0.25, -0.2) is 0 Å². The van der Waals surface area contributed by atoms with Crippen LogP contribution in [0, 0.1) is 0 Å². The molecule has 7 heteroatoms. The molecule has 3 N–H and O–H groups in total. The molecule has 0 heterocycles. The van der Waals surface area contributed by atoms with Crippen molar-refractivity contribution < 1.29 is 19.1 Å². The molecule has 0 saturated carbocycles. The molecule has 0 aliphatic rings. The molecule has 0 unspecified atom stereocenters. The van der Waals surface area contributed by atoms with E-state index in [0.717, 1.165) is 16.3 Å². The number of amides is 2. The van der Waals surface area contributed by atoms with Crippen LogP contribution >= 0.6 is 11.8 Å². The monoisotopic (exact) mass is 408 g/mol. The molecule has 148 valence electrons. The maximum absolute atomic E-state index is 12.2. The second-order valence-electron chi connectivity index (χ2n) is 6.28. The van der Waals surface area contributed by atoms with Gasteiger partial charge in [0, 0.05) is 4.90 Å². The molecule has 0 spiro atoms. The van der Waals surface area contributed by atoms with Gasteiger partial charge in [0.1, 0.15) is 0 Å². The lowest BCUT2D eigenvalue weighted by Gasteiger charge is -2.11. The summed E-state index contributed by atoms with van der Waals surface area (Å²) in [6, 6.07) is 20.6. The fourth-order valence-corrected chi connectivity index (χ4v) is 3.58. The van der Waals surface area contributed by atoms with Gasteiger partial charge in [0.25, 0.3) is 5.91 Å². The molecule has 0 aromatic heterocycles. The molecule has 3 aromatic rings. The predicted octanol–water partition coefficient (Wildman–Crippen LogP) is 3.14. The Hall–Kier alpha value is -3.32. The summed E-state index contributed by atoms with van der Waals surface area (Å²) in [6.45, 7) is -0.390. The van der Waals surface area contributed by atoms with E-state index in [9.17, 15) is 14.4 Å². The van der Waals surface area contributed by atoms with Crippen molar-refractivity contribution in [1.29, 1.82) is 0 Å². The minimum absolute atomic E-state index is 0.0830. The highest BCUT2D eigenvalue weighted by Gasteiger charge is 2.12. The number of ether oxygens (including phenoxy) is 1. The zero-order valence-electron chi connectivity index (χ0n) is 15.6. The zero-order chi connectivity index (χ0) is 20.6. The third kappa shape index (κ3) is 5.83. The van der Waals surface area contributed by atoms with Gasteiger partial charge in [0.2, 0.25) is 5.91 Å². The predicted molar refractivity (Wildman–Crippen MR) is 114 cm³/mol. The van der Waals surface area contributed by atoms with Crippen molar-refractivity contribution in [3.63, 3.8) is 0 Å². The smallest absolute Gasteiger partial charge is 0.310 e. The Balaban J connectivity index is 1.56. The quantitative estimate of drug-likeness (QED) is 0.441. The molecule has 0 bridgehead atoms. The van der Waals surface area contributed by atoms with Gasteiger partial charge in [0.05, 0.1) is 17.9 Å². The second-order valence-corrected chi connectivity index (χ2v) is 7.29. The van der Waals surface area contributed by atoms with Gasteiger partial charge in [0.15, 0.2) is 6.61 Å². The van der Waals surface area contributed by atoms with Crippen molar-refractivity contribution in [2.45, 2.75) is 11.3 Å². The Morgan fingerprint density at radius 2 is 1.66 bits per heavy atom. The minimum atomic E-state index is -0.479. The summed E-state index contributed by atoms with van der Waals surface area (Å²) in [6.07, 6.45) is 0.0830. The average Bonchev–Trinajstić information content (AvgIpc) is 2.72. The van der Waals surface area contributed by atoms with Crippen LogP contribution < -0.4 is 11.1 Å². The first-order valence-corrected chi connectivity index (χ1v) is 9.94. The van der Waals surface area contributed by atoms with E-state index >= 15 is 0 Å². The standard InChI is InChI=1S/C22H20N2O4S/c23-20(25)14-29-19-11-4-3-10-18(19)24-21(26)13-28-22(27)12-16-8-5-7-15-6-1-2-9-17(15)16/h1-11H,12-14H2,(H2,23,25)(H,24,26). The minimum Gasteiger partial charge on any atom is -0.455 e. The lowest BCUT2D eigenvalue weighted by Crippen LogP contribution is -2.22. The summed E-state index contributed by atoms with van der Waals surface area (Å²) < 4.78 is 5.14. The van der Waals surface area contributed by atoms with Gasteiger partial charge in [-0.2, -0.15) is 0 Å². The van der Waals surface area contributed by atoms with Crippen molar-refractivity contribution in [3.05, 3.63) is 72.3 Å². The van der Waals surface area contributed by atoms with E-state index in [1.807, 2.05) is 42.5 Å². The molecule has 3 rings (SSSR count). The molecular formula is C22H20N2O4S. The van der Waals surface area contributed by atoms with Gasteiger partial charge in [-0.15, -0.1) is 11.8 Å². The Kier molecular flexibility index (Phi) is 6.86. The Bertz CT molecular complexity index is 1050. The third-order valence-electron chi connectivity index (χ3n) is 4.11. The van der Waals surface area contributed by atoms with Crippen LogP contribution in [-0.4, -0.2) is 30.1 Å². The van der Waals surface area contributed by atoms with Gasteiger partial charge >= 0.3 is 5.97 Å². The molecule has 6 nitrogen and oxygen atoms in total. The van der Waals surface area contributed by atoms with Crippen LogP contribution in [0.2, 0.25) is 0 Å². The highest BCUT2D eigenvalue weighted by Crippen LogP contribution is 2.26. The number of nitrogens with two attached hydrogens (primary N) is 1. The van der Waals surface area contributed by atoms with E-state index in [2.05, 4.69) is 5.32 Å². The number of carbonyl (C=O) groups is 3. The van der Waals surface area contributed by atoms with Gasteiger partial charge < -0.3 is 15.8 Å². The number of carbonyl (C=O) groups excluding carboxylic acids is 3. The van der Waals surface area contributed by atoms with E-state index < -0.39 is 24.4 Å². The van der Waals surface area contributed by atoms with Crippen molar-refractivity contribution >= 4 is 46.0 Å². The molecule has 0 aliphatic heterocycles. The highest BCUT2D eigenvalue weighted by atomic mass is 32.2. The molecule has 0 saturated heterocycles. The van der Waals surface area contributed by atoms with Crippen LogP contribution in [0.4, 0.5) is 5.69 Å². The maximum Gasteiger partial charge on any atom is 0.310 e. The molecule has 3 aromatic carbocycles. The van der Waals surface area contributed by atoms with Crippen molar-refractivity contribution in [1.82, 2.24) is 0 Å². The number of rotatable bonds is 8. The number of fused-ring (bicyclic) bond motifs is 1. The first-order valence-electron chi connectivity index (χ1n) is 8.95. The number of benzene rings is 3. The highest BCUT2D eigenvalue weighted by molar-refractivity contribution is 8.00. The van der Waals surface area contributed by atoms with E-state index in [-0.39, 0.29) is 12.2 Å². The number of anilines is 1. The van der Waals surface area contributed by atoms with Gasteiger partial charge in [-0.3, -0.25) is 14.4 Å². The zero-order valence-corrected chi connectivity index (χ0v) is 16.4. The van der Waals surface area contributed by atoms with Gasteiger partial charge in [-0.1, -0.05) is 54.6 Å². The first kappa shape index (κ1) is 20.4. The summed E-state index contributed by atoms with van der Waals surface area (Å²) in [5.74, 6) is -1.28. The van der Waals surface area contributed by atoms with E-state index in [1.165, 1.54) is 11.8 Å². The first-order chi connectivity index (χ1) is 14.0. The number of para-hydroxylation sites is 1. The normalized spacial score (nSPS) is 10.5. The third-order valence-corrected chi connectivity index (χ3v) is 5.21. The molecule has 2 amide bonds. The molecule has 0 atom stereocenters. The van der Waals surface area contributed by atoms with Crippen LogP contribution in [0.3, 0.4) is 0 Å². The Morgan fingerprint density at radius 3 is 2.48 bits per heavy atom. The largest absolute Gasteiger partial charge is 0.455 e. The number of thioether (sulfide) groups is 1. The van der Waals surface area contributed by atoms with E-state index in [0.29, 0.717) is 10.6 Å². The molecule has 0 aliphatic carbocycles. The van der Waals surface area contributed by atoms with Crippen LogP contribution in [0.25, 0.3) is 10.8 Å². The lowest BCUT2D eigenvalue weighted by molar-refractivity contribution is -0.146. The SMILES string of the molecule is NC(=O)CSc1ccccc1NC(=O)COC(=O)Cc1cccc2ccccc12. The van der Waals surface area contributed by atoms with E-state index in [4.69, 9.17) is 10.5 Å². The van der Waals surface area contributed by atoms with Crippen molar-refractivity contribution in [2.75, 3.05) is 17.7 Å². The summed E-state index contributed by atoms with van der Waals surface area (Å²) in [7, 11) is 0. The van der Waals surface area contributed by atoms with Crippen molar-refractivity contribution in [2.24, 2.45) is 5.73 Å². The van der Waals surface area contributed by atoms with E-state index in [1.54, 1.807) is 24.3 Å². The Labute approximate surface area is 172 Å². The number of esters is 1. The topological polar surface area (TPSA) is 98.5 Å². The van der Waals surface area contributed by atoms with Crippen LogP contribution in [0.1, 0.15) is 5.56 Å². The number of hydrogen-bond acceptors (Lipinski definition) is 5. The fourth-order valence-electron chi connectivity index (χ4n) is 2.83. The molecule has 0 fully saturated rings. The van der Waals surface area contributed by atoms with Crippen LogP contribution in [0.15, 0.2) is 71.6 Å². The van der Waals surface area contributed by atoms with Crippen LogP contribution in [0.5, 0.6) is 0 Å². The number of nitrogens with one attached hydrogen (secondary N) is 1. The summed E-state index contributed by atoms with van der Waals surface area (Å²) in [5.41, 5.74) is 6.55. The van der Waals surface area contributed by atoms with Gasteiger partial charge in [-0.05, 0) is 28.5 Å². The average molecular weight is 408 g/mol. The van der Waals surface area contributed by atoms with Crippen molar-refractivity contribution in [3.8, 4) is 0 Å². The number of hydrogen-bond donors (Lipinski definition) is 2. The molecular weight excluding hydrogens is 388 g/mol. The fraction of sp³-hybridized carbons (Fsp3) is 0.136. The Morgan fingerprint density at radius 1 is 0.931 bits per heavy atom. The summed E-state index contributed by atoms with van der Waals surface area (Å²) in [5, 5.41) is 4.72. The number of primary amides is 1. The maximum atomic E-state index is 12.2. The summed E-state index contributed by atoms with van der Waals surface area (Å²) in [4.78, 5) is 36.1. The molecule has 29 heavy (non-hydrogen) atoms. The van der Waals surface area contributed by atoms with Crippen LogP contribution in [-0.2, 0) is 25.5 Å². The lowest BCUT2D eigenvalue weighted by atomic mass is 10.0. The summed E-state index contributed by atoms with van der Waals surface area (Å²) >= 11 is 1.23. The second kappa shape index (κ2) is 9.75.